The molecule has 2 aromatic rings. The van der Waals surface area contributed by atoms with E-state index in [1.807, 2.05) is 38.2 Å². The number of hydrogen-bond acceptors (Lipinski definition) is 3. The highest BCUT2D eigenvalue weighted by Crippen LogP contribution is 2.22. The second-order valence-electron chi connectivity index (χ2n) is 4.85. The summed E-state index contributed by atoms with van der Waals surface area (Å²) in [6.45, 7) is 4.41. The molecule has 0 bridgehead atoms. The van der Waals surface area contributed by atoms with Gasteiger partial charge in [0, 0.05) is 18.7 Å². The van der Waals surface area contributed by atoms with Crippen LogP contribution in [0.3, 0.4) is 0 Å². The maximum absolute atomic E-state index is 6.17. The van der Waals surface area contributed by atoms with Crippen molar-refractivity contribution in [3.63, 3.8) is 0 Å². The molecule has 108 valence electrons. The summed E-state index contributed by atoms with van der Waals surface area (Å²) >= 11 is 6.17. The number of nitrogens with two attached hydrogens (primary N) is 1. The molecule has 5 heteroatoms. The van der Waals surface area contributed by atoms with Crippen LogP contribution in [0.15, 0.2) is 24.3 Å². The number of aromatic nitrogens is 2. The van der Waals surface area contributed by atoms with Crippen LogP contribution in [0.1, 0.15) is 36.2 Å². The first kappa shape index (κ1) is 14.9. The molecule has 0 aliphatic heterocycles. The van der Waals surface area contributed by atoms with Gasteiger partial charge in [-0.15, -0.1) is 0 Å². The fraction of sp³-hybridized carbons (Fsp3) is 0.400. The normalized spacial score (nSPS) is 12.4. The summed E-state index contributed by atoms with van der Waals surface area (Å²) in [4.78, 5) is 0. The summed E-state index contributed by atoms with van der Waals surface area (Å²) < 4.78 is 7.41. The van der Waals surface area contributed by atoms with Crippen molar-refractivity contribution in [2.24, 2.45) is 12.8 Å². The Bertz CT molecular complexity index is 578. The van der Waals surface area contributed by atoms with Crippen LogP contribution in [-0.2, 0) is 13.7 Å². The summed E-state index contributed by atoms with van der Waals surface area (Å²) in [5, 5.41) is 4.88. The fourth-order valence-electron chi connectivity index (χ4n) is 2.04. The van der Waals surface area contributed by atoms with Gasteiger partial charge in [0.25, 0.3) is 0 Å². The van der Waals surface area contributed by atoms with E-state index in [1.54, 1.807) is 4.68 Å². The van der Waals surface area contributed by atoms with Crippen LogP contribution in [-0.4, -0.2) is 9.78 Å². The fourth-order valence-corrected chi connectivity index (χ4v) is 2.27. The van der Waals surface area contributed by atoms with Crippen molar-refractivity contribution >= 4 is 11.6 Å². The summed E-state index contributed by atoms with van der Waals surface area (Å²) in [6.07, 6.45) is 0.921. The van der Waals surface area contributed by atoms with Crippen LogP contribution in [0.2, 0.25) is 5.15 Å². The summed E-state index contributed by atoms with van der Waals surface area (Å²) in [6, 6.07) is 7.95. The van der Waals surface area contributed by atoms with Gasteiger partial charge in [0.15, 0.2) is 0 Å². The number of hydrogen-bond donors (Lipinski definition) is 1. The van der Waals surface area contributed by atoms with E-state index < -0.39 is 0 Å². The predicted molar refractivity (Wildman–Crippen MR) is 80.9 cm³/mol. The molecule has 2 N–H and O–H groups in total. The second kappa shape index (κ2) is 6.29. The van der Waals surface area contributed by atoms with Crippen molar-refractivity contribution in [1.82, 2.24) is 9.78 Å². The van der Waals surface area contributed by atoms with Crippen molar-refractivity contribution in [1.29, 1.82) is 0 Å². The van der Waals surface area contributed by atoms with Gasteiger partial charge in [-0.1, -0.05) is 30.7 Å². The largest absolute Gasteiger partial charge is 0.489 e. The Labute approximate surface area is 124 Å². The van der Waals surface area contributed by atoms with E-state index in [1.165, 1.54) is 0 Å². The summed E-state index contributed by atoms with van der Waals surface area (Å²) in [7, 11) is 1.82. The molecule has 1 heterocycles. The van der Waals surface area contributed by atoms with E-state index >= 15 is 0 Å². The Morgan fingerprint density at radius 1 is 1.35 bits per heavy atom. The predicted octanol–water partition coefficient (Wildman–Crippen LogP) is 3.37. The SMILES string of the molecule is CC[C@H](N)c1ccc(OCc2c(C)nn(C)c2Cl)cc1. The van der Waals surface area contributed by atoms with Gasteiger partial charge < -0.3 is 10.5 Å². The smallest absolute Gasteiger partial charge is 0.133 e. The van der Waals surface area contributed by atoms with Crippen LogP contribution < -0.4 is 10.5 Å². The minimum Gasteiger partial charge on any atom is -0.489 e. The van der Waals surface area contributed by atoms with Crippen LogP contribution in [0.25, 0.3) is 0 Å². The quantitative estimate of drug-likeness (QED) is 0.919. The molecule has 0 saturated carbocycles. The molecule has 1 aromatic heterocycles. The van der Waals surface area contributed by atoms with E-state index in [9.17, 15) is 0 Å². The van der Waals surface area contributed by atoms with E-state index in [2.05, 4.69) is 12.0 Å². The molecule has 4 nitrogen and oxygen atoms in total. The Kier molecular flexibility index (Phi) is 4.68. The molecule has 1 atom stereocenters. The average molecular weight is 294 g/mol. The number of benzene rings is 1. The number of ether oxygens (including phenoxy) is 1. The molecular weight excluding hydrogens is 274 g/mol. The molecule has 0 fully saturated rings. The molecule has 0 radical (unpaired) electrons. The number of nitrogens with zero attached hydrogens (tertiary/aromatic N) is 2. The van der Waals surface area contributed by atoms with Gasteiger partial charge in [-0.25, -0.2) is 0 Å². The van der Waals surface area contributed by atoms with Gasteiger partial charge in [-0.3, -0.25) is 4.68 Å². The summed E-state index contributed by atoms with van der Waals surface area (Å²) in [5.41, 5.74) is 8.91. The van der Waals surface area contributed by atoms with Gasteiger partial charge in [0.05, 0.1) is 5.69 Å². The Morgan fingerprint density at radius 3 is 2.50 bits per heavy atom. The first-order valence-electron chi connectivity index (χ1n) is 6.69. The van der Waals surface area contributed by atoms with E-state index in [0.29, 0.717) is 11.8 Å². The van der Waals surface area contributed by atoms with E-state index in [-0.39, 0.29) is 6.04 Å². The lowest BCUT2D eigenvalue weighted by atomic mass is 10.1. The second-order valence-corrected chi connectivity index (χ2v) is 5.21. The minimum atomic E-state index is 0.0825. The van der Waals surface area contributed by atoms with Gasteiger partial charge in [-0.05, 0) is 31.0 Å². The van der Waals surface area contributed by atoms with E-state index in [4.69, 9.17) is 22.1 Å². The van der Waals surface area contributed by atoms with Crippen LogP contribution in [0.4, 0.5) is 0 Å². The lowest BCUT2D eigenvalue weighted by Crippen LogP contribution is -2.08. The Balaban J connectivity index is 2.04. The van der Waals surface area contributed by atoms with Crippen LogP contribution >= 0.6 is 11.6 Å². The third-order valence-electron chi connectivity index (χ3n) is 3.40. The van der Waals surface area contributed by atoms with Crippen molar-refractivity contribution in [3.05, 3.63) is 46.2 Å². The minimum absolute atomic E-state index is 0.0825. The third kappa shape index (κ3) is 3.14. The summed E-state index contributed by atoms with van der Waals surface area (Å²) in [5.74, 6) is 0.802. The standard InChI is InChI=1S/C15H20ClN3O/c1-4-14(17)11-5-7-12(8-6-11)20-9-13-10(2)18-19(3)15(13)16/h5-8,14H,4,9,17H2,1-3H3/t14-/m0/s1. The topological polar surface area (TPSA) is 53.1 Å². The molecule has 2 rings (SSSR count). The zero-order valence-corrected chi connectivity index (χ0v) is 12.8. The molecule has 0 saturated heterocycles. The number of halogens is 1. The molecule has 1 aromatic carbocycles. The molecule has 20 heavy (non-hydrogen) atoms. The Hall–Kier alpha value is -1.52. The van der Waals surface area contributed by atoms with E-state index in [0.717, 1.165) is 29.0 Å². The molecular formula is C15H20ClN3O. The highest BCUT2D eigenvalue weighted by Gasteiger charge is 2.11. The maximum atomic E-state index is 6.17. The third-order valence-corrected chi connectivity index (χ3v) is 3.87. The molecule has 0 spiro atoms. The number of aryl methyl sites for hydroxylation is 2. The Morgan fingerprint density at radius 2 is 2.00 bits per heavy atom. The highest BCUT2D eigenvalue weighted by atomic mass is 35.5. The molecule has 0 unspecified atom stereocenters. The highest BCUT2D eigenvalue weighted by molar-refractivity contribution is 6.30. The van der Waals surface area contributed by atoms with Gasteiger partial charge in [0.2, 0.25) is 0 Å². The maximum Gasteiger partial charge on any atom is 0.133 e. The number of rotatable bonds is 5. The molecule has 0 amide bonds. The van der Waals surface area contributed by atoms with Crippen molar-refractivity contribution in [2.75, 3.05) is 0 Å². The van der Waals surface area contributed by atoms with Gasteiger partial charge in [0.1, 0.15) is 17.5 Å². The zero-order valence-electron chi connectivity index (χ0n) is 12.1. The van der Waals surface area contributed by atoms with Gasteiger partial charge in [-0.2, -0.15) is 5.10 Å². The molecule has 0 aliphatic carbocycles. The first-order valence-corrected chi connectivity index (χ1v) is 7.07. The molecule has 0 aliphatic rings. The lowest BCUT2D eigenvalue weighted by Gasteiger charge is -2.11. The van der Waals surface area contributed by atoms with Crippen molar-refractivity contribution in [3.8, 4) is 5.75 Å². The van der Waals surface area contributed by atoms with Crippen LogP contribution in [0.5, 0.6) is 5.75 Å². The van der Waals surface area contributed by atoms with Gasteiger partial charge >= 0.3 is 0 Å². The van der Waals surface area contributed by atoms with Crippen LogP contribution in [0, 0.1) is 6.92 Å². The monoisotopic (exact) mass is 293 g/mol. The van der Waals surface area contributed by atoms with Crippen molar-refractivity contribution < 1.29 is 4.74 Å². The average Bonchev–Trinajstić information content (AvgIpc) is 2.70. The van der Waals surface area contributed by atoms with Crippen molar-refractivity contribution in [2.45, 2.75) is 32.9 Å². The lowest BCUT2D eigenvalue weighted by molar-refractivity contribution is 0.305. The first-order chi connectivity index (χ1) is 9.52. The zero-order chi connectivity index (χ0) is 14.7.